The number of halogens is 1. The predicted octanol–water partition coefficient (Wildman–Crippen LogP) is 0.174. The maximum absolute atomic E-state index is 12.6. The Hall–Kier alpha value is -1.03. The standard InChI is InChI=1S/C9H9FO3/c10-7-4-6(7)9(13)2-1-5(11)3-8(9)12/h1-2,6-7,13H,3-4H2. The summed E-state index contributed by atoms with van der Waals surface area (Å²) in [6.45, 7) is 0. The fraction of sp³-hybridized carbons (Fsp3) is 0.556. The van der Waals surface area contributed by atoms with Crippen molar-refractivity contribution in [3.8, 4) is 0 Å². The van der Waals surface area contributed by atoms with Gasteiger partial charge in [-0.1, -0.05) is 0 Å². The summed E-state index contributed by atoms with van der Waals surface area (Å²) in [5.41, 5.74) is -1.71. The van der Waals surface area contributed by atoms with Crippen LogP contribution in [0.25, 0.3) is 0 Å². The molecule has 0 aliphatic heterocycles. The first-order valence-corrected chi connectivity index (χ1v) is 4.16. The lowest BCUT2D eigenvalue weighted by Crippen LogP contribution is -2.43. The molecule has 70 valence electrons. The minimum absolute atomic E-state index is 0.209. The monoisotopic (exact) mass is 184 g/mol. The summed E-state index contributed by atoms with van der Waals surface area (Å²) in [7, 11) is 0. The van der Waals surface area contributed by atoms with Crippen molar-refractivity contribution in [2.24, 2.45) is 5.92 Å². The Labute approximate surface area is 74.2 Å². The minimum Gasteiger partial charge on any atom is -0.377 e. The molecule has 0 bridgehead atoms. The van der Waals surface area contributed by atoms with Gasteiger partial charge in [-0.2, -0.15) is 0 Å². The van der Waals surface area contributed by atoms with Crippen molar-refractivity contribution in [3.05, 3.63) is 12.2 Å². The van der Waals surface area contributed by atoms with Crippen LogP contribution < -0.4 is 0 Å². The average molecular weight is 184 g/mol. The number of aliphatic hydroxyl groups is 1. The molecule has 0 heterocycles. The Morgan fingerprint density at radius 3 is 2.62 bits per heavy atom. The lowest BCUT2D eigenvalue weighted by molar-refractivity contribution is -0.139. The molecule has 3 unspecified atom stereocenters. The summed E-state index contributed by atoms with van der Waals surface area (Å²) < 4.78 is 12.6. The zero-order chi connectivity index (χ0) is 9.64. The van der Waals surface area contributed by atoms with Gasteiger partial charge >= 0.3 is 0 Å². The van der Waals surface area contributed by atoms with Gasteiger partial charge in [0.25, 0.3) is 0 Å². The summed E-state index contributed by atoms with van der Waals surface area (Å²) >= 11 is 0. The predicted molar refractivity (Wildman–Crippen MR) is 41.7 cm³/mol. The van der Waals surface area contributed by atoms with Crippen LogP contribution in [0.5, 0.6) is 0 Å². The first-order valence-electron chi connectivity index (χ1n) is 4.16. The van der Waals surface area contributed by atoms with Crippen LogP contribution in [0.15, 0.2) is 12.2 Å². The highest BCUT2D eigenvalue weighted by molar-refractivity contribution is 6.11. The van der Waals surface area contributed by atoms with Crippen LogP contribution in [0.1, 0.15) is 12.8 Å². The molecule has 0 aromatic rings. The van der Waals surface area contributed by atoms with E-state index in [1.807, 2.05) is 0 Å². The zero-order valence-corrected chi connectivity index (χ0v) is 6.87. The fourth-order valence-corrected chi connectivity index (χ4v) is 1.62. The van der Waals surface area contributed by atoms with Gasteiger partial charge in [0.2, 0.25) is 0 Å². The maximum atomic E-state index is 12.6. The number of alkyl halides is 1. The second-order valence-corrected chi connectivity index (χ2v) is 3.58. The lowest BCUT2D eigenvalue weighted by Gasteiger charge is -2.24. The van der Waals surface area contributed by atoms with Crippen LogP contribution in [0.3, 0.4) is 0 Å². The van der Waals surface area contributed by atoms with E-state index in [4.69, 9.17) is 0 Å². The number of ketones is 2. The molecule has 0 aromatic heterocycles. The molecule has 3 atom stereocenters. The topological polar surface area (TPSA) is 54.4 Å². The highest BCUT2D eigenvalue weighted by atomic mass is 19.1. The molecule has 0 amide bonds. The molecule has 13 heavy (non-hydrogen) atoms. The fourth-order valence-electron chi connectivity index (χ4n) is 1.62. The molecule has 0 aromatic carbocycles. The van der Waals surface area contributed by atoms with Gasteiger partial charge in [-0.3, -0.25) is 9.59 Å². The minimum atomic E-state index is -1.71. The highest BCUT2D eigenvalue weighted by Crippen LogP contribution is 2.45. The second kappa shape index (κ2) is 2.48. The summed E-state index contributed by atoms with van der Waals surface area (Å²) in [5, 5.41) is 9.74. The lowest BCUT2D eigenvalue weighted by atomic mass is 9.85. The third-order valence-electron chi connectivity index (χ3n) is 2.58. The van der Waals surface area contributed by atoms with Gasteiger partial charge in [-0.25, -0.2) is 4.39 Å². The van der Waals surface area contributed by atoms with Crippen LogP contribution >= 0.6 is 0 Å². The van der Waals surface area contributed by atoms with Gasteiger partial charge in [0, 0.05) is 5.92 Å². The third-order valence-corrected chi connectivity index (χ3v) is 2.58. The van der Waals surface area contributed by atoms with E-state index in [9.17, 15) is 19.1 Å². The molecule has 2 aliphatic carbocycles. The van der Waals surface area contributed by atoms with E-state index in [1.165, 1.54) is 0 Å². The summed E-state index contributed by atoms with van der Waals surface area (Å²) in [5.74, 6) is -1.54. The number of carbonyl (C=O) groups excluding carboxylic acids is 2. The van der Waals surface area contributed by atoms with E-state index < -0.39 is 23.5 Å². The van der Waals surface area contributed by atoms with Crippen molar-refractivity contribution in [2.45, 2.75) is 24.6 Å². The third kappa shape index (κ3) is 1.21. The molecule has 2 rings (SSSR count). The van der Waals surface area contributed by atoms with E-state index in [0.29, 0.717) is 0 Å². The molecule has 0 spiro atoms. The number of hydrogen-bond acceptors (Lipinski definition) is 3. The van der Waals surface area contributed by atoms with Crippen molar-refractivity contribution < 1.29 is 19.1 Å². The van der Waals surface area contributed by atoms with Crippen LogP contribution in [-0.2, 0) is 9.59 Å². The van der Waals surface area contributed by atoms with Crippen molar-refractivity contribution in [1.82, 2.24) is 0 Å². The molecule has 0 saturated heterocycles. The van der Waals surface area contributed by atoms with E-state index in [-0.39, 0.29) is 18.6 Å². The molecular weight excluding hydrogens is 175 g/mol. The molecule has 1 N–H and O–H groups in total. The quantitative estimate of drug-likeness (QED) is 0.591. The SMILES string of the molecule is O=C1C=CC(O)(C2CC2F)C(=O)C1. The molecule has 3 nitrogen and oxygen atoms in total. The molecule has 1 fully saturated rings. The molecule has 0 radical (unpaired) electrons. The van der Waals surface area contributed by atoms with Gasteiger partial charge in [-0.05, 0) is 18.6 Å². The van der Waals surface area contributed by atoms with E-state index in [0.717, 1.165) is 12.2 Å². The Kier molecular flexibility index (Phi) is 1.63. The number of carbonyl (C=O) groups is 2. The zero-order valence-electron chi connectivity index (χ0n) is 6.87. The number of allylic oxidation sites excluding steroid dienone is 1. The number of hydrogen-bond donors (Lipinski definition) is 1. The normalized spacial score (nSPS) is 43.8. The first kappa shape index (κ1) is 8.56. The van der Waals surface area contributed by atoms with Crippen LogP contribution in [0.2, 0.25) is 0 Å². The van der Waals surface area contributed by atoms with E-state index in [1.54, 1.807) is 0 Å². The van der Waals surface area contributed by atoms with Gasteiger partial charge < -0.3 is 5.11 Å². The first-order chi connectivity index (χ1) is 6.04. The smallest absolute Gasteiger partial charge is 0.176 e. The van der Waals surface area contributed by atoms with Gasteiger partial charge in [0.05, 0.1) is 6.42 Å². The van der Waals surface area contributed by atoms with Gasteiger partial charge in [0.1, 0.15) is 11.8 Å². The van der Waals surface area contributed by atoms with Crippen LogP contribution in [-0.4, -0.2) is 28.4 Å². The summed E-state index contributed by atoms with van der Waals surface area (Å²) in [4.78, 5) is 22.0. The van der Waals surface area contributed by atoms with Crippen LogP contribution in [0, 0.1) is 5.92 Å². The second-order valence-electron chi connectivity index (χ2n) is 3.58. The largest absolute Gasteiger partial charge is 0.377 e. The Morgan fingerprint density at radius 2 is 2.15 bits per heavy atom. The molecule has 2 aliphatic rings. The Bertz CT molecular complexity index is 310. The Morgan fingerprint density at radius 1 is 1.54 bits per heavy atom. The average Bonchev–Trinajstić information content (AvgIpc) is 2.77. The van der Waals surface area contributed by atoms with Gasteiger partial charge in [-0.15, -0.1) is 0 Å². The van der Waals surface area contributed by atoms with Gasteiger partial charge in [0.15, 0.2) is 11.6 Å². The molecule has 1 saturated carbocycles. The van der Waals surface area contributed by atoms with E-state index >= 15 is 0 Å². The van der Waals surface area contributed by atoms with Crippen LogP contribution in [0.4, 0.5) is 4.39 Å². The molecule has 4 heteroatoms. The van der Waals surface area contributed by atoms with E-state index in [2.05, 4.69) is 0 Å². The number of rotatable bonds is 1. The van der Waals surface area contributed by atoms with Crippen molar-refractivity contribution in [3.63, 3.8) is 0 Å². The number of Topliss-reactive ketones (excluding diaryl/α,β-unsaturated/α-hetero) is 1. The molecular formula is C9H9FO3. The summed E-state index contributed by atoms with van der Waals surface area (Å²) in [6, 6.07) is 0. The Balaban J connectivity index is 2.27. The maximum Gasteiger partial charge on any atom is 0.176 e. The summed E-state index contributed by atoms with van der Waals surface area (Å²) in [6.07, 6.45) is 1.08. The van der Waals surface area contributed by atoms with Crippen molar-refractivity contribution in [1.29, 1.82) is 0 Å². The van der Waals surface area contributed by atoms with Crippen molar-refractivity contribution in [2.75, 3.05) is 0 Å². The van der Waals surface area contributed by atoms with Crippen molar-refractivity contribution >= 4 is 11.6 Å². The highest BCUT2D eigenvalue weighted by Gasteiger charge is 2.56.